The fraction of sp³-hybridized carbons (Fsp3) is 0.250. The van der Waals surface area contributed by atoms with Crippen LogP contribution in [-0.2, 0) is 22.7 Å². The van der Waals surface area contributed by atoms with Gasteiger partial charge in [-0.2, -0.15) is 18.3 Å². The molecule has 0 bridgehead atoms. The molecule has 0 radical (unpaired) electrons. The van der Waals surface area contributed by atoms with Crippen molar-refractivity contribution >= 4 is 18.1 Å². The standard InChI is InChI=1S/C18H20N4O.C2HF3O2/c19-21-11-15-7-4-8-16(9-15)12-22-13-17(18(22)23)20-10-14-5-2-1-3-6-14;3-2(4,5)1(6)7/h1-9,11,17,20H,10,12-13,19H2;(H,6,7)/t17-;/m0./s1. The molecule has 1 atom stereocenters. The molecule has 10 heteroatoms. The van der Waals surface area contributed by atoms with Gasteiger partial charge in [-0.1, -0.05) is 48.5 Å². The fourth-order valence-corrected chi connectivity index (χ4v) is 2.71. The monoisotopic (exact) mass is 422 g/mol. The first-order chi connectivity index (χ1) is 14.2. The minimum atomic E-state index is -5.08. The Morgan fingerprint density at radius 2 is 1.83 bits per heavy atom. The van der Waals surface area contributed by atoms with Crippen LogP contribution in [0.2, 0.25) is 0 Å². The van der Waals surface area contributed by atoms with E-state index in [-0.39, 0.29) is 11.9 Å². The second kappa shape index (κ2) is 10.4. The summed E-state index contributed by atoms with van der Waals surface area (Å²) in [5.74, 6) is 2.56. The van der Waals surface area contributed by atoms with Crippen LogP contribution in [0.3, 0.4) is 0 Å². The van der Waals surface area contributed by atoms with Gasteiger partial charge in [-0.3, -0.25) is 4.79 Å². The van der Waals surface area contributed by atoms with Crippen molar-refractivity contribution < 1.29 is 27.9 Å². The van der Waals surface area contributed by atoms with E-state index in [1.54, 1.807) is 6.21 Å². The first-order valence-corrected chi connectivity index (χ1v) is 8.89. The number of carboxylic acid groups (broad SMARTS) is 1. The third-order valence-electron chi connectivity index (χ3n) is 4.20. The first-order valence-electron chi connectivity index (χ1n) is 8.89. The third-order valence-corrected chi connectivity index (χ3v) is 4.20. The molecule has 0 aromatic heterocycles. The highest BCUT2D eigenvalue weighted by molar-refractivity contribution is 5.88. The highest BCUT2D eigenvalue weighted by Gasteiger charge is 2.38. The second-order valence-electron chi connectivity index (χ2n) is 6.46. The second-order valence-corrected chi connectivity index (χ2v) is 6.46. The summed E-state index contributed by atoms with van der Waals surface area (Å²) in [6.45, 7) is 2.07. The van der Waals surface area contributed by atoms with Crippen LogP contribution >= 0.6 is 0 Å². The highest BCUT2D eigenvalue weighted by Crippen LogP contribution is 2.16. The summed E-state index contributed by atoms with van der Waals surface area (Å²) in [6, 6.07) is 17.9. The minimum Gasteiger partial charge on any atom is -0.475 e. The summed E-state index contributed by atoms with van der Waals surface area (Å²) in [4.78, 5) is 23.0. The third kappa shape index (κ3) is 6.89. The first kappa shape index (κ1) is 22.9. The Balaban J connectivity index is 0.000000396. The van der Waals surface area contributed by atoms with E-state index in [4.69, 9.17) is 15.7 Å². The molecule has 1 heterocycles. The van der Waals surface area contributed by atoms with Gasteiger partial charge in [-0.25, -0.2) is 4.79 Å². The molecule has 2 aromatic carbocycles. The van der Waals surface area contributed by atoms with Crippen LogP contribution in [0.15, 0.2) is 59.7 Å². The Morgan fingerprint density at radius 3 is 2.40 bits per heavy atom. The summed E-state index contributed by atoms with van der Waals surface area (Å²) < 4.78 is 31.7. The van der Waals surface area contributed by atoms with Crippen molar-refractivity contribution in [1.82, 2.24) is 10.2 Å². The molecule has 3 rings (SSSR count). The van der Waals surface area contributed by atoms with Gasteiger partial charge in [0, 0.05) is 19.6 Å². The number of carbonyl (C=O) groups excluding carboxylic acids is 1. The van der Waals surface area contributed by atoms with Crippen LogP contribution in [0.25, 0.3) is 0 Å². The van der Waals surface area contributed by atoms with Crippen LogP contribution in [0.4, 0.5) is 13.2 Å². The van der Waals surface area contributed by atoms with E-state index in [9.17, 15) is 18.0 Å². The van der Waals surface area contributed by atoms with Crippen molar-refractivity contribution in [2.24, 2.45) is 10.9 Å². The lowest BCUT2D eigenvalue weighted by Gasteiger charge is -2.39. The number of nitrogens with zero attached hydrogens (tertiary/aromatic N) is 2. The Labute approximate surface area is 171 Å². The molecule has 4 N–H and O–H groups in total. The highest BCUT2D eigenvalue weighted by atomic mass is 19.4. The van der Waals surface area contributed by atoms with Crippen LogP contribution in [-0.4, -0.2) is 46.9 Å². The van der Waals surface area contributed by atoms with Crippen molar-refractivity contribution in [2.45, 2.75) is 25.3 Å². The van der Waals surface area contributed by atoms with Gasteiger partial charge in [0.05, 0.1) is 6.21 Å². The van der Waals surface area contributed by atoms with E-state index in [1.807, 2.05) is 47.4 Å². The van der Waals surface area contributed by atoms with Crippen molar-refractivity contribution in [3.05, 3.63) is 71.3 Å². The number of β-lactam (4-membered cyclic amide) rings is 1. The van der Waals surface area contributed by atoms with Crippen molar-refractivity contribution in [2.75, 3.05) is 6.54 Å². The number of hydrazone groups is 1. The van der Waals surface area contributed by atoms with E-state index in [0.29, 0.717) is 13.1 Å². The number of benzene rings is 2. The van der Waals surface area contributed by atoms with E-state index in [2.05, 4.69) is 22.6 Å². The maximum absolute atomic E-state index is 12.2. The zero-order chi connectivity index (χ0) is 22.1. The van der Waals surface area contributed by atoms with Crippen LogP contribution in [0.1, 0.15) is 16.7 Å². The normalized spacial score (nSPS) is 16.0. The molecule has 1 saturated heterocycles. The molecule has 7 nitrogen and oxygen atoms in total. The summed E-state index contributed by atoms with van der Waals surface area (Å²) in [6.07, 6.45) is -3.48. The maximum atomic E-state index is 12.2. The molecule has 1 aliphatic rings. The predicted molar refractivity (Wildman–Crippen MR) is 104 cm³/mol. The van der Waals surface area contributed by atoms with Gasteiger partial charge in [0.2, 0.25) is 5.91 Å². The smallest absolute Gasteiger partial charge is 0.475 e. The van der Waals surface area contributed by atoms with Gasteiger partial charge < -0.3 is 21.2 Å². The Morgan fingerprint density at radius 1 is 1.20 bits per heavy atom. The topological polar surface area (TPSA) is 108 Å². The van der Waals surface area contributed by atoms with Crippen LogP contribution < -0.4 is 11.2 Å². The molecule has 160 valence electrons. The summed E-state index contributed by atoms with van der Waals surface area (Å²) in [5, 5.41) is 14.0. The number of nitrogens with two attached hydrogens (primary N) is 1. The van der Waals surface area contributed by atoms with Gasteiger partial charge in [0.15, 0.2) is 0 Å². The number of hydrogen-bond acceptors (Lipinski definition) is 5. The zero-order valence-corrected chi connectivity index (χ0v) is 15.8. The average molecular weight is 422 g/mol. The quantitative estimate of drug-likeness (QED) is 0.286. The van der Waals surface area contributed by atoms with E-state index < -0.39 is 12.1 Å². The fourth-order valence-electron chi connectivity index (χ4n) is 2.71. The Hall–Kier alpha value is -3.40. The molecule has 1 aliphatic heterocycles. The number of alkyl halides is 3. The van der Waals surface area contributed by atoms with Gasteiger partial charge in [0.1, 0.15) is 6.04 Å². The number of nitrogens with one attached hydrogen (secondary N) is 1. The molecule has 1 amide bonds. The largest absolute Gasteiger partial charge is 0.490 e. The van der Waals surface area contributed by atoms with Crippen molar-refractivity contribution in [3.8, 4) is 0 Å². The molecular formula is C20H21F3N4O3. The van der Waals surface area contributed by atoms with E-state index in [0.717, 1.165) is 17.7 Å². The number of carbonyl (C=O) groups is 2. The minimum absolute atomic E-state index is 0.0796. The molecule has 2 aromatic rings. The van der Waals surface area contributed by atoms with Crippen LogP contribution in [0, 0.1) is 0 Å². The number of carboxylic acids is 1. The predicted octanol–water partition coefficient (Wildman–Crippen LogP) is 2.11. The summed E-state index contributed by atoms with van der Waals surface area (Å²) in [5.41, 5.74) is 3.21. The Kier molecular flexibility index (Phi) is 7.93. The SMILES string of the molecule is NN=Cc1cccc(CN2C[C@H](NCc3ccccc3)C2=O)c1.O=C(O)C(F)(F)F. The lowest BCUT2D eigenvalue weighted by atomic mass is 10.0. The number of aliphatic carboxylic acids is 1. The maximum Gasteiger partial charge on any atom is 0.490 e. The summed E-state index contributed by atoms with van der Waals surface area (Å²) >= 11 is 0. The van der Waals surface area contributed by atoms with Gasteiger partial charge in [0.25, 0.3) is 0 Å². The number of amides is 1. The molecule has 0 aliphatic carbocycles. The lowest BCUT2D eigenvalue weighted by Crippen LogP contribution is -2.61. The van der Waals surface area contributed by atoms with Gasteiger partial charge in [-0.05, 0) is 22.8 Å². The van der Waals surface area contributed by atoms with E-state index >= 15 is 0 Å². The molecular weight excluding hydrogens is 401 g/mol. The lowest BCUT2D eigenvalue weighted by molar-refractivity contribution is -0.192. The molecule has 30 heavy (non-hydrogen) atoms. The average Bonchev–Trinajstić information content (AvgIpc) is 2.71. The Bertz CT molecular complexity index is 888. The van der Waals surface area contributed by atoms with Crippen LogP contribution in [0.5, 0.6) is 0 Å². The van der Waals surface area contributed by atoms with E-state index in [1.165, 1.54) is 5.56 Å². The van der Waals surface area contributed by atoms with Gasteiger partial charge >= 0.3 is 12.1 Å². The molecule has 1 fully saturated rings. The van der Waals surface area contributed by atoms with Gasteiger partial charge in [-0.15, -0.1) is 0 Å². The van der Waals surface area contributed by atoms with Crippen molar-refractivity contribution in [3.63, 3.8) is 0 Å². The zero-order valence-electron chi connectivity index (χ0n) is 15.8. The number of likely N-dealkylation sites (tertiary alicyclic amines) is 1. The molecule has 0 spiro atoms. The molecule has 0 saturated carbocycles. The summed E-state index contributed by atoms with van der Waals surface area (Å²) in [7, 11) is 0. The number of rotatable bonds is 6. The number of hydrogen-bond donors (Lipinski definition) is 3. The van der Waals surface area contributed by atoms with Crippen molar-refractivity contribution in [1.29, 1.82) is 0 Å². The molecule has 0 unspecified atom stereocenters. The number of halogens is 3.